The van der Waals surface area contributed by atoms with Gasteiger partial charge < -0.3 is 5.73 Å². The van der Waals surface area contributed by atoms with E-state index in [1.165, 1.54) is 38.5 Å². The molecular weight excluding hydrogens is 194 g/mol. The number of benzene rings is 1. The molecule has 1 saturated carbocycles. The number of hydrogen-bond donors (Lipinski definition) is 1. The maximum absolute atomic E-state index is 6.08. The molecule has 0 atom stereocenters. The predicted octanol–water partition coefficient (Wildman–Crippen LogP) is 2.92. The number of rotatable bonds is 2. The van der Waals surface area contributed by atoms with Crippen molar-refractivity contribution >= 4 is 0 Å². The highest BCUT2D eigenvalue weighted by atomic mass is 14.6. The Labute approximate surface area is 98.0 Å². The molecule has 1 fully saturated rings. The van der Waals surface area contributed by atoms with E-state index >= 15 is 0 Å². The summed E-state index contributed by atoms with van der Waals surface area (Å²) in [7, 11) is 0. The van der Waals surface area contributed by atoms with Crippen LogP contribution in [0.25, 0.3) is 0 Å². The lowest BCUT2D eigenvalue weighted by Gasteiger charge is -2.34. The highest BCUT2D eigenvalue weighted by molar-refractivity contribution is 5.33. The van der Waals surface area contributed by atoms with Crippen molar-refractivity contribution in [3.8, 4) is 0 Å². The van der Waals surface area contributed by atoms with E-state index in [-0.39, 0.29) is 0 Å². The first kappa shape index (κ1) is 10.3. The highest BCUT2D eigenvalue weighted by Crippen LogP contribution is 2.48. The fraction of sp³-hybridized carbons (Fsp3) is 0.600. The number of nitrogens with two attached hydrogens (primary N) is 1. The van der Waals surface area contributed by atoms with Gasteiger partial charge in [0, 0.05) is 0 Å². The summed E-state index contributed by atoms with van der Waals surface area (Å²) in [5.41, 5.74) is 9.71. The van der Waals surface area contributed by atoms with Crippen molar-refractivity contribution in [1.82, 2.24) is 0 Å². The zero-order valence-electron chi connectivity index (χ0n) is 9.91. The third kappa shape index (κ3) is 1.49. The van der Waals surface area contributed by atoms with Crippen molar-refractivity contribution in [2.75, 3.05) is 6.54 Å². The van der Waals surface area contributed by atoms with Gasteiger partial charge in [-0.05, 0) is 54.7 Å². The van der Waals surface area contributed by atoms with E-state index in [0.29, 0.717) is 5.41 Å². The average Bonchev–Trinajstić information content (AvgIpc) is 2.96. The van der Waals surface area contributed by atoms with Crippen molar-refractivity contribution in [2.45, 2.75) is 38.5 Å². The Morgan fingerprint density at radius 2 is 1.62 bits per heavy atom. The van der Waals surface area contributed by atoms with Crippen LogP contribution in [-0.2, 0) is 12.8 Å². The van der Waals surface area contributed by atoms with E-state index in [2.05, 4.69) is 24.3 Å². The molecule has 86 valence electrons. The van der Waals surface area contributed by atoms with Crippen LogP contribution >= 0.6 is 0 Å². The molecule has 2 N–H and O–H groups in total. The second kappa shape index (κ2) is 3.89. The van der Waals surface area contributed by atoms with E-state index in [1.807, 2.05) is 0 Å². The van der Waals surface area contributed by atoms with Gasteiger partial charge in [0.25, 0.3) is 0 Å². The molecule has 0 amide bonds. The van der Waals surface area contributed by atoms with E-state index in [4.69, 9.17) is 5.73 Å². The van der Waals surface area contributed by atoms with Crippen LogP contribution in [0, 0.1) is 11.3 Å². The molecule has 1 aromatic carbocycles. The molecule has 1 heteroatoms. The predicted molar refractivity (Wildman–Crippen MR) is 67.3 cm³/mol. The molecule has 1 aromatic rings. The molecule has 0 radical (unpaired) electrons. The summed E-state index contributed by atoms with van der Waals surface area (Å²) in [5, 5.41) is 0. The van der Waals surface area contributed by atoms with Crippen LogP contribution in [0.15, 0.2) is 24.3 Å². The molecule has 2 aliphatic rings. The molecule has 3 rings (SSSR count). The highest BCUT2D eigenvalue weighted by Gasteiger charge is 2.42. The fourth-order valence-corrected chi connectivity index (χ4v) is 3.85. The Hall–Kier alpha value is -0.820. The second-order valence-corrected chi connectivity index (χ2v) is 5.65. The smallest absolute Gasteiger partial charge is 0.00176 e. The summed E-state index contributed by atoms with van der Waals surface area (Å²) in [5.74, 6) is 0.817. The largest absolute Gasteiger partial charge is 0.330 e. The molecule has 1 nitrogen and oxygen atoms in total. The van der Waals surface area contributed by atoms with Gasteiger partial charge in [0.1, 0.15) is 0 Å². The molecule has 0 saturated heterocycles. The molecule has 0 heterocycles. The van der Waals surface area contributed by atoms with Crippen LogP contribution in [0.5, 0.6) is 0 Å². The van der Waals surface area contributed by atoms with Crippen LogP contribution in [0.3, 0.4) is 0 Å². The van der Waals surface area contributed by atoms with E-state index in [9.17, 15) is 0 Å². The molecule has 2 aliphatic carbocycles. The Kier molecular flexibility index (Phi) is 2.51. The maximum Gasteiger partial charge on any atom is -0.00176 e. The molecule has 16 heavy (non-hydrogen) atoms. The molecular formula is C15H21N. The molecule has 0 aromatic heterocycles. The summed E-state index contributed by atoms with van der Waals surface area (Å²) in [6.45, 7) is 0.894. The Morgan fingerprint density at radius 3 is 2.12 bits per heavy atom. The van der Waals surface area contributed by atoms with Gasteiger partial charge in [0.2, 0.25) is 0 Å². The van der Waals surface area contributed by atoms with Crippen LogP contribution in [0.2, 0.25) is 0 Å². The van der Waals surface area contributed by atoms with Gasteiger partial charge in [-0.15, -0.1) is 0 Å². The lowest BCUT2D eigenvalue weighted by atomic mass is 9.72. The first-order valence-electron chi connectivity index (χ1n) is 6.61. The monoisotopic (exact) mass is 215 g/mol. The Morgan fingerprint density at radius 1 is 1.06 bits per heavy atom. The first-order valence-corrected chi connectivity index (χ1v) is 6.61. The number of fused-ring (bicyclic) bond motifs is 1. The zero-order chi connectivity index (χ0) is 11.0. The van der Waals surface area contributed by atoms with Crippen molar-refractivity contribution in [3.63, 3.8) is 0 Å². The van der Waals surface area contributed by atoms with Crippen molar-refractivity contribution < 1.29 is 0 Å². The molecule has 0 bridgehead atoms. The first-order chi connectivity index (χ1) is 7.84. The number of hydrogen-bond acceptors (Lipinski definition) is 1. The molecule has 0 spiro atoms. The lowest BCUT2D eigenvalue weighted by molar-refractivity contribution is 0.183. The zero-order valence-corrected chi connectivity index (χ0v) is 9.91. The Balaban J connectivity index is 1.84. The second-order valence-electron chi connectivity index (χ2n) is 5.65. The fourth-order valence-electron chi connectivity index (χ4n) is 3.85. The van der Waals surface area contributed by atoms with Gasteiger partial charge in [0.05, 0.1) is 0 Å². The summed E-state index contributed by atoms with van der Waals surface area (Å²) in [6.07, 6.45) is 8.05. The van der Waals surface area contributed by atoms with Crippen molar-refractivity contribution in [2.24, 2.45) is 17.1 Å². The van der Waals surface area contributed by atoms with Crippen LogP contribution in [-0.4, -0.2) is 6.54 Å². The minimum atomic E-state index is 0.471. The van der Waals surface area contributed by atoms with E-state index < -0.39 is 0 Å². The summed E-state index contributed by atoms with van der Waals surface area (Å²) in [6, 6.07) is 8.94. The minimum Gasteiger partial charge on any atom is -0.330 e. The van der Waals surface area contributed by atoms with Crippen LogP contribution in [0.1, 0.15) is 36.8 Å². The van der Waals surface area contributed by atoms with Crippen LogP contribution in [0.4, 0.5) is 0 Å². The Bertz CT molecular complexity index is 352. The van der Waals surface area contributed by atoms with Crippen molar-refractivity contribution in [1.29, 1.82) is 0 Å². The van der Waals surface area contributed by atoms with Gasteiger partial charge in [0.15, 0.2) is 0 Å². The summed E-state index contributed by atoms with van der Waals surface area (Å²) >= 11 is 0. The molecule has 0 aliphatic heterocycles. The topological polar surface area (TPSA) is 26.0 Å². The van der Waals surface area contributed by atoms with Crippen LogP contribution < -0.4 is 5.73 Å². The lowest BCUT2D eigenvalue weighted by Crippen LogP contribution is -2.36. The molecule has 0 unspecified atom stereocenters. The average molecular weight is 215 g/mol. The third-order valence-corrected chi connectivity index (χ3v) is 4.92. The normalized spacial score (nSPS) is 23.6. The quantitative estimate of drug-likeness (QED) is 0.806. The summed E-state index contributed by atoms with van der Waals surface area (Å²) < 4.78 is 0. The van der Waals surface area contributed by atoms with Crippen molar-refractivity contribution in [3.05, 3.63) is 35.4 Å². The van der Waals surface area contributed by atoms with Gasteiger partial charge in [-0.2, -0.15) is 0 Å². The van der Waals surface area contributed by atoms with E-state index in [0.717, 1.165) is 12.5 Å². The van der Waals surface area contributed by atoms with Gasteiger partial charge in [-0.25, -0.2) is 0 Å². The van der Waals surface area contributed by atoms with Gasteiger partial charge in [-0.3, -0.25) is 0 Å². The third-order valence-electron chi connectivity index (χ3n) is 4.92. The summed E-state index contributed by atoms with van der Waals surface area (Å²) in [4.78, 5) is 0. The van der Waals surface area contributed by atoms with Gasteiger partial charge in [-0.1, -0.05) is 37.1 Å². The maximum atomic E-state index is 6.08. The standard InChI is InChI=1S/C15H21N/c16-11-15(7-3-4-8-15)14-9-12-5-1-2-6-13(12)10-14/h1-2,5-6,14H,3-4,7-11,16H2. The van der Waals surface area contributed by atoms with Gasteiger partial charge >= 0.3 is 0 Å². The minimum absolute atomic E-state index is 0.471. The van der Waals surface area contributed by atoms with E-state index in [1.54, 1.807) is 11.1 Å². The SMILES string of the molecule is NCC1(C2Cc3ccccc3C2)CCCC1.